The molecule has 0 aliphatic carbocycles. The van der Waals surface area contributed by atoms with Gasteiger partial charge in [0.2, 0.25) is 0 Å². The second-order valence-electron chi connectivity index (χ2n) is 3.02. The lowest BCUT2D eigenvalue weighted by Gasteiger charge is -2.12. The van der Waals surface area contributed by atoms with Crippen LogP contribution in [0.4, 0.5) is 0 Å². The topological polar surface area (TPSA) is 44.8 Å². The summed E-state index contributed by atoms with van der Waals surface area (Å²) in [5.74, 6) is -0.189. The Morgan fingerprint density at radius 3 is 2.71 bits per heavy atom. The molecule has 4 heteroatoms. The highest BCUT2D eigenvalue weighted by atomic mass is 16.5. The van der Waals surface area contributed by atoms with Crippen molar-refractivity contribution in [1.82, 2.24) is 0 Å². The Labute approximate surface area is 85.5 Å². The molecule has 84 valence electrons. The van der Waals surface area contributed by atoms with Crippen LogP contribution in [0.5, 0.6) is 0 Å². The molecule has 0 rings (SSSR count). The average Bonchev–Trinajstić information content (AvgIpc) is 2.21. The fraction of sp³-hybridized carbons (Fsp3) is 0.900. The van der Waals surface area contributed by atoms with Gasteiger partial charge in [-0.1, -0.05) is 0 Å². The van der Waals surface area contributed by atoms with Gasteiger partial charge in [-0.15, -0.1) is 0 Å². The molecule has 0 aliphatic rings. The quantitative estimate of drug-likeness (QED) is 0.442. The second-order valence-corrected chi connectivity index (χ2v) is 3.02. The van der Waals surface area contributed by atoms with Crippen LogP contribution >= 0.6 is 0 Å². The number of ether oxygens (including phenoxy) is 3. The van der Waals surface area contributed by atoms with Crippen molar-refractivity contribution in [2.24, 2.45) is 0 Å². The maximum atomic E-state index is 10.7. The molecule has 0 aromatic rings. The maximum absolute atomic E-state index is 10.7. The molecular weight excluding hydrogens is 184 g/mol. The first kappa shape index (κ1) is 13.4. The van der Waals surface area contributed by atoms with Crippen LogP contribution < -0.4 is 0 Å². The fourth-order valence-electron chi connectivity index (χ4n) is 0.935. The average molecular weight is 204 g/mol. The minimum atomic E-state index is -0.189. The zero-order chi connectivity index (χ0) is 10.8. The van der Waals surface area contributed by atoms with E-state index in [1.807, 2.05) is 13.8 Å². The first-order valence-electron chi connectivity index (χ1n) is 4.96. The molecule has 14 heavy (non-hydrogen) atoms. The third-order valence-corrected chi connectivity index (χ3v) is 1.71. The lowest BCUT2D eigenvalue weighted by molar-refractivity contribution is -0.141. The zero-order valence-electron chi connectivity index (χ0n) is 9.25. The molecule has 0 spiro atoms. The third-order valence-electron chi connectivity index (χ3n) is 1.71. The van der Waals surface area contributed by atoms with E-state index in [0.717, 1.165) is 0 Å². The second kappa shape index (κ2) is 8.97. The van der Waals surface area contributed by atoms with Gasteiger partial charge in [0.15, 0.2) is 0 Å². The van der Waals surface area contributed by atoms with E-state index in [2.05, 4.69) is 4.74 Å². The van der Waals surface area contributed by atoms with E-state index in [1.54, 1.807) is 0 Å². The largest absolute Gasteiger partial charge is 0.469 e. The van der Waals surface area contributed by atoms with Gasteiger partial charge in [-0.2, -0.15) is 0 Å². The summed E-state index contributed by atoms with van der Waals surface area (Å²) < 4.78 is 15.1. The molecule has 0 saturated heterocycles. The van der Waals surface area contributed by atoms with Gasteiger partial charge in [-0.3, -0.25) is 4.79 Å². The first-order valence-corrected chi connectivity index (χ1v) is 4.96. The van der Waals surface area contributed by atoms with Crippen molar-refractivity contribution < 1.29 is 19.0 Å². The van der Waals surface area contributed by atoms with Crippen LogP contribution in [0, 0.1) is 0 Å². The van der Waals surface area contributed by atoms with Crippen molar-refractivity contribution in [1.29, 1.82) is 0 Å². The Morgan fingerprint density at radius 2 is 2.14 bits per heavy atom. The monoisotopic (exact) mass is 204 g/mol. The fourth-order valence-corrected chi connectivity index (χ4v) is 0.935. The van der Waals surface area contributed by atoms with E-state index in [4.69, 9.17) is 9.47 Å². The summed E-state index contributed by atoms with van der Waals surface area (Å²) in [6.07, 6.45) is 1.20. The van der Waals surface area contributed by atoms with Crippen molar-refractivity contribution in [2.75, 3.05) is 26.9 Å². The normalized spacial score (nSPS) is 12.5. The third kappa shape index (κ3) is 8.01. The molecule has 0 aliphatic heterocycles. The molecule has 1 unspecified atom stereocenters. The van der Waals surface area contributed by atoms with Gasteiger partial charge in [0.1, 0.15) is 0 Å². The minimum absolute atomic E-state index is 0.0904. The molecule has 0 aromatic carbocycles. The van der Waals surface area contributed by atoms with E-state index in [-0.39, 0.29) is 12.1 Å². The number of hydrogen-bond acceptors (Lipinski definition) is 4. The summed E-state index contributed by atoms with van der Waals surface area (Å²) in [6.45, 7) is 5.78. The number of carbonyl (C=O) groups is 1. The van der Waals surface area contributed by atoms with Crippen LogP contribution in [-0.4, -0.2) is 39.0 Å². The highest BCUT2D eigenvalue weighted by Gasteiger charge is 2.03. The molecule has 0 heterocycles. The number of rotatable bonds is 8. The highest BCUT2D eigenvalue weighted by molar-refractivity contribution is 5.68. The minimum Gasteiger partial charge on any atom is -0.469 e. The summed E-state index contributed by atoms with van der Waals surface area (Å²) in [7, 11) is 1.39. The van der Waals surface area contributed by atoms with Gasteiger partial charge in [-0.25, -0.2) is 0 Å². The first-order chi connectivity index (χ1) is 6.70. The van der Waals surface area contributed by atoms with Gasteiger partial charge >= 0.3 is 5.97 Å². The summed E-state index contributed by atoms with van der Waals surface area (Å²) in [5, 5.41) is 0. The van der Waals surface area contributed by atoms with E-state index in [9.17, 15) is 4.79 Å². The smallest absolute Gasteiger partial charge is 0.305 e. The summed E-state index contributed by atoms with van der Waals surface area (Å²) >= 11 is 0. The molecule has 0 N–H and O–H groups in total. The van der Waals surface area contributed by atoms with Crippen molar-refractivity contribution in [3.8, 4) is 0 Å². The highest BCUT2D eigenvalue weighted by Crippen LogP contribution is 1.97. The van der Waals surface area contributed by atoms with Crippen LogP contribution in [0.1, 0.15) is 26.7 Å². The van der Waals surface area contributed by atoms with Crippen LogP contribution in [-0.2, 0) is 19.0 Å². The van der Waals surface area contributed by atoms with Crippen LogP contribution in [0.25, 0.3) is 0 Å². The number of carbonyl (C=O) groups excluding carboxylic acids is 1. The van der Waals surface area contributed by atoms with Crippen LogP contribution in [0.15, 0.2) is 0 Å². The Morgan fingerprint density at radius 1 is 1.43 bits per heavy atom. The molecule has 0 fully saturated rings. The van der Waals surface area contributed by atoms with Gasteiger partial charge in [0.05, 0.1) is 19.8 Å². The number of esters is 1. The summed E-state index contributed by atoms with van der Waals surface area (Å²) in [6, 6.07) is 0. The van der Waals surface area contributed by atoms with Crippen molar-refractivity contribution >= 4 is 5.97 Å². The molecule has 0 aromatic heterocycles. The number of hydrogen-bond donors (Lipinski definition) is 0. The Balaban J connectivity index is 3.22. The summed E-state index contributed by atoms with van der Waals surface area (Å²) in [5.41, 5.74) is 0. The van der Waals surface area contributed by atoms with E-state index in [0.29, 0.717) is 32.7 Å². The van der Waals surface area contributed by atoms with E-state index >= 15 is 0 Å². The van der Waals surface area contributed by atoms with E-state index < -0.39 is 0 Å². The van der Waals surface area contributed by atoms with Crippen molar-refractivity contribution in [3.05, 3.63) is 0 Å². The van der Waals surface area contributed by atoms with Crippen molar-refractivity contribution in [3.63, 3.8) is 0 Å². The molecule has 4 nitrogen and oxygen atoms in total. The van der Waals surface area contributed by atoms with Gasteiger partial charge in [0, 0.05) is 19.6 Å². The van der Waals surface area contributed by atoms with Crippen LogP contribution in [0.3, 0.4) is 0 Å². The predicted molar refractivity (Wildman–Crippen MR) is 53.2 cm³/mol. The van der Waals surface area contributed by atoms with Crippen molar-refractivity contribution in [2.45, 2.75) is 32.8 Å². The standard InChI is InChI=1S/C10H20O4/c1-4-13-8-9(2)14-7-5-6-10(11)12-3/h9H,4-8H2,1-3H3. The molecule has 0 amide bonds. The summed E-state index contributed by atoms with van der Waals surface area (Å²) in [4.78, 5) is 10.7. The predicted octanol–water partition coefficient (Wildman–Crippen LogP) is 1.38. The molecule has 0 bridgehead atoms. The SMILES string of the molecule is CCOCC(C)OCCCC(=O)OC. The molecular formula is C10H20O4. The maximum Gasteiger partial charge on any atom is 0.305 e. The van der Waals surface area contributed by atoms with Crippen LogP contribution in [0.2, 0.25) is 0 Å². The van der Waals surface area contributed by atoms with Gasteiger partial charge < -0.3 is 14.2 Å². The molecule has 0 saturated carbocycles. The number of methoxy groups -OCH3 is 1. The van der Waals surface area contributed by atoms with E-state index in [1.165, 1.54) is 7.11 Å². The molecule has 1 atom stereocenters. The Hall–Kier alpha value is -0.610. The lowest BCUT2D eigenvalue weighted by Crippen LogP contribution is -2.17. The molecule has 0 radical (unpaired) electrons. The van der Waals surface area contributed by atoms with Gasteiger partial charge in [-0.05, 0) is 20.3 Å². The zero-order valence-corrected chi connectivity index (χ0v) is 9.25. The lowest BCUT2D eigenvalue weighted by atomic mass is 10.3. The Kier molecular flexibility index (Phi) is 8.57. The van der Waals surface area contributed by atoms with Gasteiger partial charge in [0.25, 0.3) is 0 Å². The Bertz CT molecular complexity index is 147.